The van der Waals surface area contributed by atoms with Gasteiger partial charge in [0.25, 0.3) is 11.2 Å². The molecule has 1 saturated heterocycles. The lowest BCUT2D eigenvalue weighted by molar-refractivity contribution is -0.200. The first-order valence-corrected chi connectivity index (χ1v) is 17.0. The fourth-order valence-electron chi connectivity index (χ4n) is 6.10. The number of imidazole rings is 1. The molecule has 0 bridgehead atoms. The predicted octanol–water partition coefficient (Wildman–Crippen LogP) is 2.77. The van der Waals surface area contributed by atoms with E-state index >= 15 is 0 Å². The zero-order chi connectivity index (χ0) is 39.2. The number of aromatic amines is 1. The Balaban J connectivity index is 1.60. The number of benzene rings is 1. The fraction of sp³-hybridized carbons (Fsp3) is 0.389. The van der Waals surface area contributed by atoms with Gasteiger partial charge in [0, 0.05) is 39.1 Å². The van der Waals surface area contributed by atoms with Crippen LogP contribution in [0.25, 0.3) is 22.3 Å². The molecule has 0 spiro atoms. The molecule has 17 nitrogen and oxygen atoms in total. The summed E-state index contributed by atoms with van der Waals surface area (Å²) in [5.41, 5.74) is -3.20. The number of hydrogen-bond acceptors (Lipinski definition) is 15. The lowest BCUT2D eigenvalue weighted by Gasteiger charge is -2.35. The molecule has 0 aliphatic carbocycles. The number of terminal acetylenes is 1. The fourth-order valence-corrected chi connectivity index (χ4v) is 6.26. The number of nitrogens with zero attached hydrogens (tertiary/aromatic N) is 4. The smallest absolute Gasteiger partial charge is 0.350 e. The van der Waals surface area contributed by atoms with Crippen molar-refractivity contribution in [2.45, 2.75) is 63.8 Å². The molecule has 18 heteroatoms. The molecule has 54 heavy (non-hydrogen) atoms. The van der Waals surface area contributed by atoms with Crippen LogP contribution in [0.5, 0.6) is 0 Å². The molecule has 5 rings (SSSR count). The van der Waals surface area contributed by atoms with Gasteiger partial charge in [-0.3, -0.25) is 19.0 Å². The van der Waals surface area contributed by atoms with Crippen LogP contribution in [0.1, 0.15) is 39.5 Å². The monoisotopic (exact) mass is 764 g/mol. The first-order chi connectivity index (χ1) is 25.8. The number of ether oxygens (including phenoxy) is 6. The molecule has 0 amide bonds. The van der Waals surface area contributed by atoms with E-state index in [1.165, 1.54) is 17.1 Å². The average molecular weight is 765 g/mol. The van der Waals surface area contributed by atoms with Gasteiger partial charge in [-0.1, -0.05) is 30.2 Å². The SMILES string of the molecule is C#C[C@@]1(OC(C)=O)[C@@H](COC(Cc2ccc(-c3ccc[nH]c3=O)cc2)(C(=O)OCC)C(=O)OCC)O[C@@H](n2cnc3c(NC)nc(Cl)nc32)[C@@H]1OC(C)=O. The third-order valence-electron chi connectivity index (χ3n) is 8.43. The van der Waals surface area contributed by atoms with Crippen molar-refractivity contribution in [3.05, 3.63) is 70.1 Å². The normalized spacial score (nSPS) is 19.5. The molecule has 1 aromatic carbocycles. The molecule has 1 aliphatic rings. The van der Waals surface area contributed by atoms with Gasteiger partial charge in [-0.25, -0.2) is 14.6 Å². The summed E-state index contributed by atoms with van der Waals surface area (Å²) in [5.74, 6) is -1.19. The second-order valence-corrected chi connectivity index (χ2v) is 12.2. The molecular formula is C36H37ClN6O11. The molecule has 2 N–H and O–H groups in total. The van der Waals surface area contributed by atoms with Crippen molar-refractivity contribution in [2.24, 2.45) is 0 Å². The Morgan fingerprint density at radius 3 is 2.33 bits per heavy atom. The number of halogens is 1. The van der Waals surface area contributed by atoms with E-state index in [1.54, 1.807) is 57.3 Å². The minimum atomic E-state index is -2.46. The van der Waals surface area contributed by atoms with Crippen molar-refractivity contribution in [3.63, 3.8) is 0 Å². The van der Waals surface area contributed by atoms with Crippen molar-refractivity contribution >= 4 is 52.5 Å². The van der Waals surface area contributed by atoms with Gasteiger partial charge in [0.1, 0.15) is 6.10 Å². The molecule has 284 valence electrons. The van der Waals surface area contributed by atoms with Gasteiger partial charge < -0.3 is 38.7 Å². The highest BCUT2D eigenvalue weighted by Crippen LogP contribution is 2.44. The number of fused-ring (bicyclic) bond motifs is 1. The molecule has 4 heterocycles. The largest absolute Gasteiger partial charge is 0.463 e. The van der Waals surface area contributed by atoms with Crippen LogP contribution in [0, 0.1) is 12.3 Å². The maximum absolute atomic E-state index is 13.9. The number of carbonyl (C=O) groups is 4. The van der Waals surface area contributed by atoms with E-state index in [2.05, 4.69) is 31.2 Å². The minimum Gasteiger partial charge on any atom is -0.463 e. The number of pyridine rings is 1. The number of carbonyl (C=O) groups excluding carboxylic acids is 4. The van der Waals surface area contributed by atoms with E-state index in [4.69, 9.17) is 46.4 Å². The number of nitrogens with one attached hydrogen (secondary N) is 2. The molecule has 4 aromatic rings. The Morgan fingerprint density at radius 1 is 1.07 bits per heavy atom. The van der Waals surface area contributed by atoms with Gasteiger partial charge in [0.2, 0.25) is 17.0 Å². The molecular weight excluding hydrogens is 728 g/mol. The van der Waals surface area contributed by atoms with E-state index in [0.29, 0.717) is 16.7 Å². The highest BCUT2D eigenvalue weighted by molar-refractivity contribution is 6.28. The van der Waals surface area contributed by atoms with Crippen molar-refractivity contribution < 1.29 is 47.6 Å². The average Bonchev–Trinajstić information content (AvgIpc) is 3.68. The van der Waals surface area contributed by atoms with Crippen LogP contribution >= 0.6 is 11.6 Å². The van der Waals surface area contributed by atoms with Crippen LogP contribution in [0.15, 0.2) is 53.7 Å². The van der Waals surface area contributed by atoms with Crippen LogP contribution in [0.4, 0.5) is 5.82 Å². The van der Waals surface area contributed by atoms with E-state index in [9.17, 15) is 24.0 Å². The Bertz CT molecular complexity index is 2130. The van der Waals surface area contributed by atoms with Crippen molar-refractivity contribution in [1.82, 2.24) is 24.5 Å². The van der Waals surface area contributed by atoms with Crippen LogP contribution in [0.3, 0.4) is 0 Å². The summed E-state index contributed by atoms with van der Waals surface area (Å²) in [4.78, 5) is 80.7. The van der Waals surface area contributed by atoms with Crippen molar-refractivity contribution in [1.29, 1.82) is 0 Å². The first-order valence-electron chi connectivity index (χ1n) is 16.7. The van der Waals surface area contributed by atoms with Crippen LogP contribution in [-0.2, 0) is 54.0 Å². The Hall–Kier alpha value is -5.83. The molecule has 0 saturated carbocycles. The quantitative estimate of drug-likeness (QED) is 0.0621. The number of H-pyrrole nitrogens is 1. The maximum atomic E-state index is 13.9. The minimum absolute atomic E-state index is 0.130. The number of hydrogen-bond donors (Lipinski definition) is 2. The maximum Gasteiger partial charge on any atom is 0.350 e. The summed E-state index contributed by atoms with van der Waals surface area (Å²) >= 11 is 6.21. The summed E-state index contributed by atoms with van der Waals surface area (Å²) in [6.45, 7) is 4.31. The number of anilines is 1. The Kier molecular flexibility index (Phi) is 12.0. The molecule has 1 fully saturated rings. The lowest BCUT2D eigenvalue weighted by atomic mass is 9.90. The topological polar surface area (TPSA) is 212 Å². The van der Waals surface area contributed by atoms with E-state index in [1.807, 2.05) is 0 Å². The third kappa shape index (κ3) is 7.62. The van der Waals surface area contributed by atoms with E-state index < -0.39 is 66.5 Å². The lowest BCUT2D eigenvalue weighted by Crippen LogP contribution is -2.57. The van der Waals surface area contributed by atoms with Gasteiger partial charge in [0.15, 0.2) is 23.2 Å². The highest BCUT2D eigenvalue weighted by atomic mass is 35.5. The van der Waals surface area contributed by atoms with Gasteiger partial charge in [-0.05, 0) is 48.7 Å². The van der Waals surface area contributed by atoms with Gasteiger partial charge in [0.05, 0.1) is 26.1 Å². The van der Waals surface area contributed by atoms with Gasteiger partial charge in [-0.2, -0.15) is 9.97 Å². The van der Waals surface area contributed by atoms with Crippen molar-refractivity contribution in [2.75, 3.05) is 32.2 Å². The zero-order valence-electron chi connectivity index (χ0n) is 29.9. The molecule has 0 unspecified atom stereocenters. The van der Waals surface area contributed by atoms with E-state index in [0.717, 1.165) is 13.8 Å². The second-order valence-electron chi connectivity index (χ2n) is 11.9. The molecule has 1 aliphatic heterocycles. The van der Waals surface area contributed by atoms with Gasteiger partial charge >= 0.3 is 23.9 Å². The zero-order valence-corrected chi connectivity index (χ0v) is 30.7. The number of aromatic nitrogens is 5. The predicted molar refractivity (Wildman–Crippen MR) is 191 cm³/mol. The number of esters is 4. The highest BCUT2D eigenvalue weighted by Gasteiger charge is 2.63. The standard InChI is InChI=1S/C36H37ClN6O11/c1-7-35(54-21(5)45)25(53-31(27(35)52-20(4)44)43-19-40-26-28(38-6)41-34(37)42-29(26)43)18-51-36(32(47)49-8-2,33(48)50-9-3)17-22-12-14-23(15-13-22)24-11-10-16-39-30(24)46/h1,10-16,19,25,27,31H,8-9,17-18H2,2-6H3,(H,39,46)(H,38,41,42)/t25-,27+,31-,35-/m1/s1. The summed E-state index contributed by atoms with van der Waals surface area (Å²) < 4.78 is 36.1. The summed E-state index contributed by atoms with van der Waals surface area (Å²) in [6, 6.07) is 9.83. The first kappa shape index (κ1) is 39.4. The Morgan fingerprint density at radius 2 is 1.76 bits per heavy atom. The second kappa shape index (κ2) is 16.5. The molecule has 4 atom stereocenters. The summed E-state index contributed by atoms with van der Waals surface area (Å²) in [7, 11) is 1.60. The Labute approximate surface area is 313 Å². The van der Waals surface area contributed by atoms with Crippen LogP contribution < -0.4 is 10.9 Å². The summed E-state index contributed by atoms with van der Waals surface area (Å²) in [6.07, 6.45) is 4.02. The third-order valence-corrected chi connectivity index (χ3v) is 8.60. The number of rotatable bonds is 14. The summed E-state index contributed by atoms with van der Waals surface area (Å²) in [5, 5.41) is 2.71. The molecule has 0 radical (unpaired) electrons. The van der Waals surface area contributed by atoms with Crippen LogP contribution in [-0.4, -0.2) is 98.7 Å². The van der Waals surface area contributed by atoms with Crippen molar-refractivity contribution in [3.8, 4) is 23.5 Å². The van der Waals surface area contributed by atoms with E-state index in [-0.39, 0.29) is 41.0 Å². The van der Waals surface area contributed by atoms with Crippen LogP contribution in [0.2, 0.25) is 5.28 Å². The molecule has 3 aromatic heterocycles. The van der Waals surface area contributed by atoms with Gasteiger partial charge in [-0.15, -0.1) is 6.42 Å².